The molecule has 0 bridgehead atoms. The molecule has 266 valence electrons. The molecule has 2 saturated heterocycles. The Hall–Kier alpha value is -2.09. The Morgan fingerprint density at radius 2 is 1.94 bits per heavy atom. The van der Waals surface area contributed by atoms with Gasteiger partial charge in [-0.15, -0.1) is 11.3 Å². The Bertz CT molecular complexity index is 2170. The average molecular weight is 833 g/mol. The van der Waals surface area contributed by atoms with Gasteiger partial charge in [0.2, 0.25) is 0 Å². The van der Waals surface area contributed by atoms with E-state index in [1.807, 2.05) is 0 Å². The number of carbonyl (C=O) groups excluding carboxylic acids is 3. The Kier molecular flexibility index (Phi) is 13.7. The molecule has 1 saturated carbocycles. The standard InChI is InChI=1S/C27H26ClFN8O9S4.2Na/c1-46-34-17(15-9-48-26(30)32-15)22(39)33-18-23(40)37(50(43,44)45)24(18)49-27(47)31-10-4-5-35(7-10)20-14(29)6-12-19(16(20)28)36(11-2-3-11)8-13(21(12)38)25(41)42;;/h6,8-11,18,24H,2-5,7H2,1H3,(H2,30,32)(H,31,47)(H,33,39)(H,41,42)(H,43,44,45);;/q;2*+1/p-2/t10?,18-,24?;;/m0../s1. The van der Waals surface area contributed by atoms with E-state index < -0.39 is 62.4 Å². The zero-order valence-electron chi connectivity index (χ0n) is 27.5. The van der Waals surface area contributed by atoms with Crippen molar-refractivity contribution in [2.45, 2.75) is 42.8 Å². The summed E-state index contributed by atoms with van der Waals surface area (Å²) in [5, 5.41) is 20.4. The number of thioether (sulfide) groups is 1. The van der Waals surface area contributed by atoms with E-state index in [1.54, 1.807) is 9.47 Å². The Balaban J connectivity index is 0.00000302. The molecule has 2 aromatic heterocycles. The molecule has 2 aliphatic heterocycles. The zero-order valence-corrected chi connectivity index (χ0v) is 35.5. The van der Waals surface area contributed by atoms with E-state index in [0.717, 1.165) is 17.4 Å². The number of carboxylic acid groups (broad SMARTS) is 1. The van der Waals surface area contributed by atoms with Gasteiger partial charge in [0.25, 0.3) is 11.8 Å². The molecular weight excluding hydrogens is 809 g/mol. The summed E-state index contributed by atoms with van der Waals surface area (Å²) in [7, 11) is -4.14. The van der Waals surface area contributed by atoms with Crippen LogP contribution in [-0.4, -0.2) is 92.3 Å². The quantitative estimate of drug-likeness (QED) is 0.0430. The van der Waals surface area contributed by atoms with Crippen molar-refractivity contribution in [1.82, 2.24) is 24.5 Å². The summed E-state index contributed by atoms with van der Waals surface area (Å²) in [5.74, 6) is -4.70. The molecule has 2 amide bonds. The maximum Gasteiger partial charge on any atom is 1.00 e. The van der Waals surface area contributed by atoms with Crippen molar-refractivity contribution in [3.05, 3.63) is 50.0 Å². The van der Waals surface area contributed by atoms with Gasteiger partial charge in [0.05, 0.1) is 33.1 Å². The third-order valence-corrected chi connectivity index (χ3v) is 11.6. The van der Waals surface area contributed by atoms with Crippen LogP contribution < -0.4 is 90.9 Å². The van der Waals surface area contributed by atoms with Crippen molar-refractivity contribution in [2.75, 3.05) is 30.8 Å². The largest absolute Gasteiger partial charge is 1.00 e. The van der Waals surface area contributed by atoms with Crippen LogP contribution in [0.15, 0.2) is 27.6 Å². The minimum atomic E-state index is -5.31. The summed E-state index contributed by atoms with van der Waals surface area (Å²) in [4.78, 5) is 60.5. The number of oxime groups is 1. The third kappa shape index (κ3) is 8.42. The summed E-state index contributed by atoms with van der Waals surface area (Å²) in [6, 6.07) is -1.13. The molecule has 1 aliphatic carbocycles. The smallest absolute Gasteiger partial charge is 0.731 e. The minimum absolute atomic E-state index is 0. The summed E-state index contributed by atoms with van der Waals surface area (Å²) < 4.78 is 53.0. The number of carbonyl (C=O) groups is 3. The number of halogens is 2. The number of nitrogens with zero attached hydrogens (tertiary/aromatic N) is 5. The van der Waals surface area contributed by atoms with Crippen LogP contribution in [-0.2, 0) is 24.7 Å². The van der Waals surface area contributed by atoms with E-state index in [2.05, 4.69) is 20.8 Å². The molecule has 3 aliphatic rings. The summed E-state index contributed by atoms with van der Waals surface area (Å²) in [6.45, 7) is 0.400. The number of β-lactam (4-membered cyclic amide) rings is 1. The van der Waals surface area contributed by atoms with Crippen LogP contribution in [0.3, 0.4) is 0 Å². The number of aromatic nitrogens is 2. The summed E-state index contributed by atoms with van der Waals surface area (Å²) in [5.41, 5.74) is 3.97. The Morgan fingerprint density at radius 1 is 1.25 bits per heavy atom. The summed E-state index contributed by atoms with van der Waals surface area (Å²) >= 11 is 13.8. The summed E-state index contributed by atoms with van der Waals surface area (Å²) in [6.07, 6.45) is 2.98. The van der Waals surface area contributed by atoms with Gasteiger partial charge in [0.1, 0.15) is 34.4 Å². The van der Waals surface area contributed by atoms with Gasteiger partial charge >= 0.3 is 59.1 Å². The van der Waals surface area contributed by atoms with E-state index in [-0.39, 0.29) is 125 Å². The fourth-order valence-electron chi connectivity index (χ4n) is 5.72. The van der Waals surface area contributed by atoms with Crippen molar-refractivity contribution in [1.29, 1.82) is 0 Å². The van der Waals surface area contributed by atoms with Crippen LogP contribution in [0.2, 0.25) is 5.02 Å². The topological polar surface area (TPSA) is 245 Å². The van der Waals surface area contributed by atoms with Crippen LogP contribution in [0.1, 0.15) is 41.4 Å². The van der Waals surface area contributed by atoms with E-state index in [9.17, 15) is 37.3 Å². The number of hydrogen-bond donors (Lipinski definition) is 3. The average Bonchev–Trinajstić information content (AvgIpc) is 3.64. The zero-order chi connectivity index (χ0) is 36.2. The maximum atomic E-state index is 15.6. The van der Waals surface area contributed by atoms with E-state index in [1.165, 1.54) is 18.7 Å². The van der Waals surface area contributed by atoms with Gasteiger partial charge in [0, 0.05) is 36.8 Å². The molecule has 0 spiro atoms. The van der Waals surface area contributed by atoms with Gasteiger partial charge in [-0.05, 0) is 25.3 Å². The number of amides is 2. The van der Waals surface area contributed by atoms with Crippen LogP contribution >= 0.6 is 46.9 Å². The number of benzene rings is 1. The maximum absolute atomic E-state index is 15.6. The van der Waals surface area contributed by atoms with E-state index >= 15 is 4.39 Å². The third-order valence-electron chi connectivity index (χ3n) is 8.09. The number of pyridine rings is 1. The predicted molar refractivity (Wildman–Crippen MR) is 182 cm³/mol. The van der Waals surface area contributed by atoms with Crippen molar-refractivity contribution in [3.63, 3.8) is 0 Å². The first-order valence-electron chi connectivity index (χ1n) is 14.5. The number of thiocarbonyl (C=S) groups is 1. The number of carboxylic acids is 1. The number of anilines is 2. The van der Waals surface area contributed by atoms with Gasteiger partial charge in [-0.1, -0.05) is 40.7 Å². The number of nitrogens with one attached hydrogen (secondary N) is 2. The SMILES string of the molecule is CON=C(C(=O)N[C@H]1C(=O)N(S(=O)(=O)[O-])C1SC(=S)NC1CCN(c2c(F)cc3c(=O)c(C(=O)[O-])cn(C4CC4)c3c2Cl)C1)c1csc(N)n1.[Na+].[Na+]. The number of nitrogens with two attached hydrogens (primary N) is 1. The van der Waals surface area contributed by atoms with Crippen LogP contribution in [0.4, 0.5) is 15.2 Å². The number of aromatic carboxylic acids is 1. The minimum Gasteiger partial charge on any atom is -0.731 e. The second-order valence-electron chi connectivity index (χ2n) is 11.3. The van der Waals surface area contributed by atoms with E-state index in [0.29, 0.717) is 31.0 Å². The monoisotopic (exact) mass is 832 g/mol. The number of rotatable bonds is 10. The first kappa shape index (κ1) is 42.6. The fraction of sp³-hybridized carbons (Fsp3) is 0.370. The Labute approximate surface area is 357 Å². The number of fused-ring (bicyclic) bond motifs is 1. The molecule has 2 unspecified atom stereocenters. The van der Waals surface area contributed by atoms with Gasteiger partial charge in [-0.2, -0.15) is 0 Å². The molecule has 4 N–H and O–H groups in total. The number of nitrogen functional groups attached to an aromatic ring is 1. The molecule has 3 atom stereocenters. The molecule has 52 heavy (non-hydrogen) atoms. The second kappa shape index (κ2) is 16.7. The molecular formula is C27H24ClFN8Na2O9S4. The van der Waals surface area contributed by atoms with E-state index in [4.69, 9.17) is 34.4 Å². The molecule has 25 heteroatoms. The van der Waals surface area contributed by atoms with Gasteiger partial charge in [-0.3, -0.25) is 14.4 Å². The number of hydrogen-bond acceptors (Lipinski definition) is 16. The first-order chi connectivity index (χ1) is 23.6. The molecule has 3 fully saturated rings. The first-order valence-corrected chi connectivity index (χ1v) is 18.4. The normalized spacial score (nSPS) is 20.1. The van der Waals surface area contributed by atoms with Crippen LogP contribution in [0.25, 0.3) is 10.9 Å². The van der Waals surface area contributed by atoms with Crippen molar-refractivity contribution in [3.8, 4) is 0 Å². The molecule has 17 nitrogen and oxygen atoms in total. The van der Waals surface area contributed by atoms with Crippen molar-refractivity contribution in [2.24, 2.45) is 5.16 Å². The molecule has 0 radical (unpaired) electrons. The second-order valence-corrected chi connectivity index (χ2v) is 15.6. The predicted octanol–water partition coefficient (Wildman–Crippen LogP) is -6.11. The number of thiazole rings is 1. The molecule has 4 heterocycles. The van der Waals surface area contributed by atoms with Gasteiger partial charge in [0.15, 0.2) is 26.6 Å². The van der Waals surface area contributed by atoms with Crippen LogP contribution in [0.5, 0.6) is 0 Å². The Morgan fingerprint density at radius 3 is 2.52 bits per heavy atom. The van der Waals surface area contributed by atoms with Gasteiger partial charge in [-0.25, -0.2) is 22.1 Å². The molecule has 6 rings (SSSR count). The van der Waals surface area contributed by atoms with Gasteiger partial charge < -0.3 is 45.1 Å². The van der Waals surface area contributed by atoms with Crippen LogP contribution in [0, 0.1) is 5.82 Å². The molecule has 3 aromatic rings. The van der Waals surface area contributed by atoms with Crippen molar-refractivity contribution >= 4 is 107 Å². The fourth-order valence-corrected chi connectivity index (χ4v) is 9.27. The van der Waals surface area contributed by atoms with Crippen molar-refractivity contribution < 1.29 is 101 Å². The molecule has 1 aromatic carbocycles.